The molecule has 0 saturated heterocycles. The maximum Gasteiger partial charge on any atom is 0.307 e. The third-order valence-electron chi connectivity index (χ3n) is 5.79. The highest BCUT2D eigenvalue weighted by Gasteiger charge is 2.18. The number of hydrogen-bond acceptors (Lipinski definition) is 5. The van der Waals surface area contributed by atoms with Crippen LogP contribution < -0.4 is 4.72 Å². The van der Waals surface area contributed by atoms with Gasteiger partial charge in [0.1, 0.15) is 0 Å². The molecule has 1 N–H and O–H groups in total. The van der Waals surface area contributed by atoms with Crippen molar-refractivity contribution in [2.75, 3.05) is 13.2 Å². The Hall–Kier alpha value is -4.01. The third-order valence-corrected chi connectivity index (χ3v) is 7.25. The average Bonchev–Trinajstić information content (AvgIpc) is 2.92. The van der Waals surface area contributed by atoms with Gasteiger partial charge in [-0.3, -0.25) is 9.59 Å². The number of hydrogen-bond donors (Lipinski definition) is 1. The summed E-state index contributed by atoms with van der Waals surface area (Å²) in [6.45, 7) is 0.186. The van der Waals surface area contributed by atoms with E-state index in [1.54, 1.807) is 17.0 Å². The molecule has 0 radical (unpaired) electrons. The fourth-order valence-electron chi connectivity index (χ4n) is 3.85. The fraction of sp³-hybridized carbons (Fsp3) is 0.172. The van der Waals surface area contributed by atoms with E-state index in [9.17, 15) is 18.0 Å². The number of amides is 1. The molecule has 4 aromatic rings. The van der Waals surface area contributed by atoms with Crippen molar-refractivity contribution in [3.8, 4) is 0 Å². The average molecular weight is 517 g/mol. The van der Waals surface area contributed by atoms with E-state index < -0.39 is 22.6 Å². The summed E-state index contributed by atoms with van der Waals surface area (Å²) in [4.78, 5) is 26.9. The van der Waals surface area contributed by atoms with Crippen LogP contribution in [-0.4, -0.2) is 38.3 Å². The van der Waals surface area contributed by atoms with E-state index in [-0.39, 0.29) is 23.8 Å². The van der Waals surface area contributed by atoms with Crippen LogP contribution in [0.25, 0.3) is 10.8 Å². The molecule has 0 atom stereocenters. The number of fused-ring (bicyclic) bond motifs is 1. The van der Waals surface area contributed by atoms with Gasteiger partial charge in [-0.2, -0.15) is 0 Å². The fourth-order valence-corrected chi connectivity index (χ4v) is 4.92. The number of ether oxygens (including phenoxy) is 1. The lowest BCUT2D eigenvalue weighted by Crippen LogP contribution is -2.34. The summed E-state index contributed by atoms with van der Waals surface area (Å²) in [5.74, 6) is -0.994. The van der Waals surface area contributed by atoms with Crippen LogP contribution in [0, 0.1) is 0 Å². The van der Waals surface area contributed by atoms with Crippen LogP contribution in [-0.2, 0) is 37.4 Å². The van der Waals surface area contributed by atoms with Crippen molar-refractivity contribution in [2.24, 2.45) is 0 Å². The Bertz CT molecular complexity index is 1420. The largest absolute Gasteiger partial charge is 0.456 e. The maximum atomic E-state index is 12.9. The van der Waals surface area contributed by atoms with E-state index >= 15 is 0 Å². The van der Waals surface area contributed by atoms with Crippen LogP contribution in [0.5, 0.6) is 0 Å². The number of rotatable bonds is 11. The van der Waals surface area contributed by atoms with Gasteiger partial charge in [0.05, 0.1) is 11.3 Å². The van der Waals surface area contributed by atoms with Crippen LogP contribution in [0.1, 0.15) is 17.5 Å². The summed E-state index contributed by atoms with van der Waals surface area (Å²) < 4.78 is 32.9. The van der Waals surface area contributed by atoms with Crippen molar-refractivity contribution in [2.45, 2.75) is 24.4 Å². The molecule has 0 heterocycles. The number of carbonyl (C=O) groups is 2. The molecule has 0 aliphatic heterocycles. The first-order chi connectivity index (χ1) is 17.9. The summed E-state index contributed by atoms with van der Waals surface area (Å²) in [7, 11) is -3.79. The van der Waals surface area contributed by atoms with Crippen LogP contribution in [0.4, 0.5) is 0 Å². The molecule has 0 aliphatic rings. The Morgan fingerprint density at radius 2 is 1.30 bits per heavy atom. The molecular weight excluding hydrogens is 488 g/mol. The number of sulfonamides is 1. The highest BCUT2D eigenvalue weighted by molar-refractivity contribution is 7.89. The van der Waals surface area contributed by atoms with E-state index in [4.69, 9.17) is 4.74 Å². The van der Waals surface area contributed by atoms with Crippen LogP contribution in [0.3, 0.4) is 0 Å². The second-order valence-electron chi connectivity index (χ2n) is 8.54. The van der Waals surface area contributed by atoms with E-state index in [2.05, 4.69) is 4.72 Å². The lowest BCUT2D eigenvalue weighted by molar-refractivity contribution is -0.152. The highest BCUT2D eigenvalue weighted by atomic mass is 32.2. The van der Waals surface area contributed by atoms with Gasteiger partial charge in [0, 0.05) is 19.6 Å². The van der Waals surface area contributed by atoms with Gasteiger partial charge in [-0.25, -0.2) is 13.1 Å². The van der Waals surface area contributed by atoms with Gasteiger partial charge in [-0.05, 0) is 34.0 Å². The topological polar surface area (TPSA) is 92.8 Å². The van der Waals surface area contributed by atoms with Crippen molar-refractivity contribution in [3.63, 3.8) is 0 Å². The van der Waals surface area contributed by atoms with Gasteiger partial charge in [0.25, 0.3) is 5.91 Å². The van der Waals surface area contributed by atoms with Crippen LogP contribution >= 0.6 is 0 Å². The molecule has 0 spiro atoms. The normalized spacial score (nSPS) is 11.2. The van der Waals surface area contributed by atoms with E-state index in [1.807, 2.05) is 84.9 Å². The smallest absolute Gasteiger partial charge is 0.307 e. The minimum atomic E-state index is -3.79. The SMILES string of the molecule is O=C(CCNS(=O)(=O)c1ccc2ccccc2c1)OCC(=O)N(Cc1ccccc1)Cc1ccccc1. The van der Waals surface area contributed by atoms with Crippen molar-refractivity contribution in [1.82, 2.24) is 9.62 Å². The van der Waals surface area contributed by atoms with Crippen molar-refractivity contribution in [3.05, 3.63) is 114 Å². The molecule has 8 heteroatoms. The predicted molar refractivity (Wildman–Crippen MR) is 142 cm³/mol. The lowest BCUT2D eigenvalue weighted by Gasteiger charge is -2.23. The zero-order valence-corrected chi connectivity index (χ0v) is 21.1. The zero-order chi connectivity index (χ0) is 26.1. The summed E-state index contributed by atoms with van der Waals surface area (Å²) >= 11 is 0. The molecule has 4 rings (SSSR count). The van der Waals surface area contributed by atoms with Gasteiger partial charge < -0.3 is 9.64 Å². The molecule has 0 saturated carbocycles. The molecular formula is C29H28N2O5S. The van der Waals surface area contributed by atoms with Crippen molar-refractivity contribution < 1.29 is 22.7 Å². The van der Waals surface area contributed by atoms with Gasteiger partial charge in [0.15, 0.2) is 6.61 Å². The highest BCUT2D eigenvalue weighted by Crippen LogP contribution is 2.19. The molecule has 0 fully saturated rings. The van der Waals surface area contributed by atoms with Gasteiger partial charge in [-0.15, -0.1) is 0 Å². The summed E-state index contributed by atoms with van der Waals surface area (Å²) in [6, 6.07) is 31.4. The Morgan fingerprint density at radius 3 is 1.92 bits per heavy atom. The molecule has 0 bridgehead atoms. The first-order valence-electron chi connectivity index (χ1n) is 11.9. The minimum absolute atomic E-state index is 0.118. The van der Waals surface area contributed by atoms with Gasteiger partial charge in [-0.1, -0.05) is 91.0 Å². The van der Waals surface area contributed by atoms with Gasteiger partial charge in [0.2, 0.25) is 10.0 Å². The van der Waals surface area contributed by atoms with Crippen LogP contribution in [0.15, 0.2) is 108 Å². The second kappa shape index (κ2) is 12.3. The predicted octanol–water partition coefficient (Wildman–Crippen LogP) is 4.28. The zero-order valence-electron chi connectivity index (χ0n) is 20.2. The van der Waals surface area contributed by atoms with E-state index in [0.29, 0.717) is 13.1 Å². The van der Waals surface area contributed by atoms with Crippen LogP contribution in [0.2, 0.25) is 0 Å². The monoisotopic (exact) mass is 516 g/mol. The molecule has 37 heavy (non-hydrogen) atoms. The molecule has 4 aromatic carbocycles. The number of esters is 1. The Labute approximate surface area is 216 Å². The van der Waals surface area contributed by atoms with E-state index in [0.717, 1.165) is 21.9 Å². The molecule has 0 aromatic heterocycles. The molecule has 7 nitrogen and oxygen atoms in total. The number of nitrogens with zero attached hydrogens (tertiary/aromatic N) is 1. The molecule has 0 unspecified atom stereocenters. The number of nitrogens with one attached hydrogen (secondary N) is 1. The summed E-state index contributed by atoms with van der Waals surface area (Å²) in [5, 5.41) is 1.74. The first kappa shape index (κ1) is 26.1. The summed E-state index contributed by atoms with van der Waals surface area (Å²) in [5.41, 5.74) is 1.92. The minimum Gasteiger partial charge on any atom is -0.456 e. The van der Waals surface area contributed by atoms with E-state index in [1.165, 1.54) is 6.07 Å². The molecule has 1 amide bonds. The second-order valence-corrected chi connectivity index (χ2v) is 10.3. The summed E-state index contributed by atoms with van der Waals surface area (Å²) in [6.07, 6.45) is -0.197. The van der Waals surface area contributed by atoms with Crippen molar-refractivity contribution >= 4 is 32.7 Å². The lowest BCUT2D eigenvalue weighted by atomic mass is 10.1. The standard InChI is InChI=1S/C29H28N2O5S/c32-28(31(20-23-9-3-1-4-10-23)21-24-11-5-2-6-12-24)22-36-29(33)17-18-30-37(34,35)27-16-15-25-13-7-8-14-26(25)19-27/h1-16,19,30H,17-18,20-22H2. The Balaban J connectivity index is 1.29. The third kappa shape index (κ3) is 7.49. The number of carbonyl (C=O) groups excluding carboxylic acids is 2. The Morgan fingerprint density at radius 1 is 0.730 bits per heavy atom. The molecule has 0 aliphatic carbocycles. The quantitative estimate of drug-likeness (QED) is 0.301. The first-order valence-corrected chi connectivity index (χ1v) is 13.4. The Kier molecular flexibility index (Phi) is 8.66. The van der Waals surface area contributed by atoms with Crippen molar-refractivity contribution in [1.29, 1.82) is 0 Å². The van der Waals surface area contributed by atoms with Gasteiger partial charge >= 0.3 is 5.97 Å². The number of benzene rings is 4. The molecule has 190 valence electrons. The maximum absolute atomic E-state index is 12.9.